The molecule has 2 heterocycles. The molecule has 0 saturated carbocycles. The third-order valence-corrected chi connectivity index (χ3v) is 5.06. The van der Waals surface area contributed by atoms with Gasteiger partial charge in [0, 0.05) is 24.7 Å². The number of nitrogens with one attached hydrogen (secondary N) is 3. The van der Waals surface area contributed by atoms with Crippen molar-refractivity contribution < 1.29 is 8.42 Å². The molecule has 112 valence electrons. The van der Waals surface area contributed by atoms with Gasteiger partial charge in [-0.05, 0) is 25.0 Å². The van der Waals surface area contributed by atoms with Crippen molar-refractivity contribution in [1.29, 1.82) is 0 Å². The molecule has 1 aromatic carbocycles. The monoisotopic (exact) mass is 306 g/mol. The van der Waals surface area contributed by atoms with Crippen LogP contribution < -0.4 is 10.0 Å². The Balaban J connectivity index is 1.60. The summed E-state index contributed by atoms with van der Waals surface area (Å²) in [6.07, 6.45) is 2.10. The number of rotatable bonds is 5. The van der Waals surface area contributed by atoms with Gasteiger partial charge >= 0.3 is 0 Å². The quantitative estimate of drug-likeness (QED) is 0.783. The van der Waals surface area contributed by atoms with Crippen LogP contribution in [0.5, 0.6) is 0 Å². The largest absolute Gasteiger partial charge is 0.384 e. The maximum Gasteiger partial charge on any atom is 0.257 e. The number of anilines is 1. The molecule has 3 rings (SSSR count). The summed E-state index contributed by atoms with van der Waals surface area (Å²) in [5.74, 6) is 0.927. The molecular formula is C14H18N4O2S. The Morgan fingerprint density at radius 3 is 2.95 bits per heavy atom. The van der Waals surface area contributed by atoms with E-state index in [4.69, 9.17) is 0 Å². The molecule has 1 atom stereocenters. The molecule has 21 heavy (non-hydrogen) atoms. The van der Waals surface area contributed by atoms with Crippen molar-refractivity contribution in [2.75, 3.05) is 18.4 Å². The zero-order chi connectivity index (χ0) is 14.9. The first-order valence-corrected chi connectivity index (χ1v) is 8.38. The number of aromatic amines is 1. The molecule has 1 aliphatic rings. The summed E-state index contributed by atoms with van der Waals surface area (Å²) in [6.45, 7) is 2.98. The first-order valence-electron chi connectivity index (χ1n) is 6.90. The van der Waals surface area contributed by atoms with Gasteiger partial charge in [0.05, 0.1) is 6.20 Å². The fourth-order valence-corrected chi connectivity index (χ4v) is 3.61. The summed E-state index contributed by atoms with van der Waals surface area (Å²) in [4.78, 5) is 6.65. The molecule has 3 N–H and O–H groups in total. The third-order valence-electron chi connectivity index (χ3n) is 3.69. The molecule has 0 radical (unpaired) electrons. The molecular weight excluding hydrogens is 288 g/mol. The predicted octanol–water partition coefficient (Wildman–Crippen LogP) is 1.60. The smallest absolute Gasteiger partial charge is 0.257 e. The molecule has 0 bridgehead atoms. The number of aromatic nitrogens is 2. The van der Waals surface area contributed by atoms with Crippen LogP contribution in [0, 0.1) is 6.92 Å². The lowest BCUT2D eigenvalue weighted by atomic mass is 9.98. The minimum atomic E-state index is -3.50. The van der Waals surface area contributed by atoms with Crippen LogP contribution in [-0.4, -0.2) is 31.5 Å². The maximum absolute atomic E-state index is 12.1. The highest BCUT2D eigenvalue weighted by atomic mass is 32.2. The van der Waals surface area contributed by atoms with E-state index in [1.165, 1.54) is 11.8 Å². The van der Waals surface area contributed by atoms with Crippen LogP contribution in [0.2, 0.25) is 0 Å². The molecule has 1 aliphatic heterocycles. The minimum Gasteiger partial charge on any atom is -0.384 e. The highest BCUT2D eigenvalue weighted by molar-refractivity contribution is 7.89. The number of fused-ring (bicyclic) bond motifs is 1. The van der Waals surface area contributed by atoms with Crippen LogP contribution in [0.3, 0.4) is 0 Å². The number of nitrogens with zero attached hydrogens (tertiary/aromatic N) is 1. The van der Waals surface area contributed by atoms with Gasteiger partial charge in [0.25, 0.3) is 10.0 Å². The van der Waals surface area contributed by atoms with Crippen molar-refractivity contribution in [3.8, 4) is 0 Å². The van der Waals surface area contributed by atoms with Crippen LogP contribution in [-0.2, 0) is 10.0 Å². The Kier molecular flexibility index (Phi) is 3.69. The molecule has 0 amide bonds. The van der Waals surface area contributed by atoms with E-state index in [0.29, 0.717) is 18.3 Å². The van der Waals surface area contributed by atoms with Crippen LogP contribution in [0.25, 0.3) is 0 Å². The Morgan fingerprint density at radius 1 is 1.38 bits per heavy atom. The van der Waals surface area contributed by atoms with Crippen molar-refractivity contribution in [1.82, 2.24) is 14.7 Å². The summed E-state index contributed by atoms with van der Waals surface area (Å²) in [5, 5.41) is 3.46. The predicted molar refractivity (Wildman–Crippen MR) is 80.8 cm³/mol. The van der Waals surface area contributed by atoms with E-state index in [2.05, 4.69) is 26.1 Å². The van der Waals surface area contributed by atoms with Gasteiger partial charge in [-0.15, -0.1) is 0 Å². The van der Waals surface area contributed by atoms with Gasteiger partial charge in [-0.3, -0.25) is 0 Å². The summed E-state index contributed by atoms with van der Waals surface area (Å²) >= 11 is 0. The van der Waals surface area contributed by atoms with Gasteiger partial charge in [0.2, 0.25) is 0 Å². The Morgan fingerprint density at radius 2 is 2.19 bits per heavy atom. The summed E-state index contributed by atoms with van der Waals surface area (Å²) < 4.78 is 26.8. The molecule has 0 aliphatic carbocycles. The number of hydrogen-bond donors (Lipinski definition) is 3. The van der Waals surface area contributed by atoms with Crippen LogP contribution in [0.15, 0.2) is 35.5 Å². The van der Waals surface area contributed by atoms with Gasteiger partial charge in [0.15, 0.2) is 5.03 Å². The van der Waals surface area contributed by atoms with Crippen molar-refractivity contribution in [3.63, 3.8) is 0 Å². The maximum atomic E-state index is 12.1. The fourth-order valence-electron chi connectivity index (χ4n) is 2.59. The van der Waals surface area contributed by atoms with Gasteiger partial charge in [-0.1, -0.05) is 18.2 Å². The fraction of sp³-hybridized carbons (Fsp3) is 0.357. The number of para-hydroxylation sites is 1. The van der Waals surface area contributed by atoms with E-state index in [9.17, 15) is 8.42 Å². The second-order valence-electron chi connectivity index (χ2n) is 5.18. The van der Waals surface area contributed by atoms with Crippen LogP contribution in [0.1, 0.15) is 23.7 Å². The van der Waals surface area contributed by atoms with Crippen molar-refractivity contribution in [2.24, 2.45) is 0 Å². The summed E-state index contributed by atoms with van der Waals surface area (Å²) in [7, 11) is -3.50. The number of aryl methyl sites for hydroxylation is 1. The second-order valence-corrected chi connectivity index (χ2v) is 6.92. The molecule has 1 aromatic heterocycles. The number of hydrogen-bond acceptors (Lipinski definition) is 4. The molecule has 0 saturated heterocycles. The first kappa shape index (κ1) is 14.1. The standard InChI is InChI=1S/C14H18N4O2S/c1-10-15-9-14(18-10)21(19,20)17-7-6-11-8-16-13-5-3-2-4-12(11)13/h2-5,9,11,16-17H,6-8H2,1H3,(H,15,18). The van der Waals surface area contributed by atoms with E-state index in [0.717, 1.165) is 18.7 Å². The van der Waals surface area contributed by atoms with Crippen LogP contribution in [0.4, 0.5) is 5.69 Å². The average molecular weight is 306 g/mol. The summed E-state index contributed by atoms with van der Waals surface area (Å²) in [5.41, 5.74) is 2.41. The van der Waals surface area contributed by atoms with Crippen molar-refractivity contribution in [3.05, 3.63) is 41.9 Å². The number of sulfonamides is 1. The number of imidazole rings is 1. The second kappa shape index (κ2) is 5.50. The SMILES string of the molecule is Cc1ncc(S(=O)(=O)NCCC2CNc3ccccc32)[nH]1. The topological polar surface area (TPSA) is 86.9 Å². The number of H-pyrrole nitrogens is 1. The molecule has 1 unspecified atom stereocenters. The molecule has 0 fully saturated rings. The Bertz CT molecular complexity index is 739. The van der Waals surface area contributed by atoms with Crippen molar-refractivity contribution in [2.45, 2.75) is 24.3 Å². The normalized spacial score (nSPS) is 17.5. The van der Waals surface area contributed by atoms with E-state index in [1.54, 1.807) is 6.92 Å². The zero-order valence-corrected chi connectivity index (χ0v) is 12.6. The minimum absolute atomic E-state index is 0.116. The number of benzene rings is 1. The summed E-state index contributed by atoms with van der Waals surface area (Å²) in [6, 6.07) is 8.15. The first-order chi connectivity index (χ1) is 10.1. The molecule has 0 spiro atoms. The van der Waals surface area contributed by atoms with Crippen molar-refractivity contribution >= 4 is 15.7 Å². The lowest BCUT2D eigenvalue weighted by Crippen LogP contribution is -2.26. The van der Waals surface area contributed by atoms with Gasteiger partial charge in [-0.25, -0.2) is 18.1 Å². The molecule has 7 heteroatoms. The average Bonchev–Trinajstić information content (AvgIpc) is 3.06. The van der Waals surface area contributed by atoms with Gasteiger partial charge < -0.3 is 10.3 Å². The zero-order valence-electron chi connectivity index (χ0n) is 11.8. The molecule has 2 aromatic rings. The van der Waals surface area contributed by atoms with E-state index in [1.807, 2.05) is 18.2 Å². The van der Waals surface area contributed by atoms with E-state index in [-0.39, 0.29) is 5.03 Å². The molecule has 6 nitrogen and oxygen atoms in total. The Hall–Kier alpha value is -1.86. The third kappa shape index (κ3) is 2.93. The van der Waals surface area contributed by atoms with E-state index < -0.39 is 10.0 Å². The van der Waals surface area contributed by atoms with E-state index >= 15 is 0 Å². The highest BCUT2D eigenvalue weighted by Crippen LogP contribution is 2.32. The lowest BCUT2D eigenvalue weighted by molar-refractivity contribution is 0.569. The highest BCUT2D eigenvalue weighted by Gasteiger charge is 2.22. The van der Waals surface area contributed by atoms with Crippen LogP contribution >= 0.6 is 0 Å². The van der Waals surface area contributed by atoms with Gasteiger partial charge in [-0.2, -0.15) is 0 Å². The van der Waals surface area contributed by atoms with Gasteiger partial charge in [0.1, 0.15) is 5.82 Å². The Labute approximate surface area is 124 Å². The lowest BCUT2D eigenvalue weighted by Gasteiger charge is -2.10.